The number of aromatic nitrogens is 1. The van der Waals surface area contributed by atoms with Crippen LogP contribution in [0, 0.1) is 5.92 Å². The van der Waals surface area contributed by atoms with Crippen LogP contribution in [-0.4, -0.2) is 42.5 Å². The molecular formula is C21H30N4S. The monoisotopic (exact) mass is 370 g/mol. The van der Waals surface area contributed by atoms with Crippen molar-refractivity contribution in [2.75, 3.05) is 26.7 Å². The van der Waals surface area contributed by atoms with Gasteiger partial charge in [0.05, 0.1) is 5.01 Å². The van der Waals surface area contributed by atoms with Crippen LogP contribution in [0.2, 0.25) is 0 Å². The van der Waals surface area contributed by atoms with Gasteiger partial charge < -0.3 is 10.2 Å². The second-order valence-electron chi connectivity index (χ2n) is 6.92. The Bertz CT molecular complexity index is 687. The van der Waals surface area contributed by atoms with E-state index in [0.717, 1.165) is 44.4 Å². The third-order valence-corrected chi connectivity index (χ3v) is 6.27. The molecule has 0 radical (unpaired) electrons. The summed E-state index contributed by atoms with van der Waals surface area (Å²) in [6.07, 6.45) is 7.72. The highest BCUT2D eigenvalue weighted by Gasteiger charge is 2.21. The fourth-order valence-corrected chi connectivity index (χ4v) is 4.40. The lowest BCUT2D eigenvalue weighted by atomic mass is 9.90. The molecule has 2 aromatic rings. The number of hydrogen-bond donors (Lipinski definition) is 1. The normalized spacial score (nSPS) is 16.1. The third-order valence-electron chi connectivity index (χ3n) is 5.06. The smallest absolute Gasteiger partial charge is 0.193 e. The zero-order chi connectivity index (χ0) is 18.2. The summed E-state index contributed by atoms with van der Waals surface area (Å²) in [4.78, 5) is 12.8. The van der Waals surface area contributed by atoms with Crippen molar-refractivity contribution in [1.29, 1.82) is 0 Å². The van der Waals surface area contributed by atoms with Crippen LogP contribution >= 0.6 is 11.3 Å². The fraction of sp³-hybridized carbons (Fsp3) is 0.524. The van der Waals surface area contributed by atoms with Gasteiger partial charge in [-0.25, -0.2) is 4.98 Å². The number of benzene rings is 1. The number of aryl methyl sites for hydroxylation is 1. The van der Waals surface area contributed by atoms with Crippen molar-refractivity contribution < 1.29 is 0 Å². The molecule has 0 atom stereocenters. The number of nitrogens with one attached hydrogen (secondary N) is 1. The van der Waals surface area contributed by atoms with Crippen molar-refractivity contribution in [3.8, 4) is 0 Å². The minimum absolute atomic E-state index is 0.787. The van der Waals surface area contributed by atoms with Crippen LogP contribution < -0.4 is 5.32 Å². The largest absolute Gasteiger partial charge is 0.356 e. The maximum absolute atomic E-state index is 4.50. The Kier molecular flexibility index (Phi) is 7.06. The van der Waals surface area contributed by atoms with Crippen molar-refractivity contribution in [1.82, 2.24) is 15.2 Å². The number of nitrogens with zero attached hydrogens (tertiary/aromatic N) is 3. The summed E-state index contributed by atoms with van der Waals surface area (Å²) >= 11 is 1.82. The molecular weight excluding hydrogens is 340 g/mol. The summed E-state index contributed by atoms with van der Waals surface area (Å²) in [5.41, 5.74) is 1.46. The van der Waals surface area contributed by atoms with E-state index in [9.17, 15) is 0 Å². The first-order chi connectivity index (χ1) is 12.8. The standard InChI is InChI=1S/C21H30N4S/c1-3-19-16-24-20(26-19)9-12-23-21(22-2)25-13-10-18(11-14-25)15-17-7-5-4-6-8-17/h4-8,16,18H,3,9-15H2,1-2H3,(H,22,23). The molecule has 0 unspecified atom stereocenters. The van der Waals surface area contributed by atoms with Gasteiger partial charge in [0.25, 0.3) is 0 Å². The molecule has 5 heteroatoms. The van der Waals surface area contributed by atoms with E-state index < -0.39 is 0 Å². The van der Waals surface area contributed by atoms with E-state index in [2.05, 4.69) is 57.4 Å². The highest BCUT2D eigenvalue weighted by molar-refractivity contribution is 7.11. The molecule has 0 aliphatic carbocycles. The lowest BCUT2D eigenvalue weighted by Crippen LogP contribution is -2.46. The second-order valence-corrected chi connectivity index (χ2v) is 8.12. The summed E-state index contributed by atoms with van der Waals surface area (Å²) < 4.78 is 0. The SMILES string of the molecule is CCc1cnc(CCNC(=NC)N2CCC(Cc3ccccc3)CC2)s1. The Morgan fingerprint density at radius 1 is 1.27 bits per heavy atom. The maximum atomic E-state index is 4.50. The van der Waals surface area contributed by atoms with E-state index in [1.807, 2.05) is 24.6 Å². The molecule has 2 heterocycles. The molecule has 0 spiro atoms. The van der Waals surface area contributed by atoms with Gasteiger partial charge in [0.2, 0.25) is 0 Å². The number of aliphatic imine (C=N–C) groups is 1. The van der Waals surface area contributed by atoms with Crippen LogP contribution in [0.15, 0.2) is 41.5 Å². The van der Waals surface area contributed by atoms with Crippen LogP contribution in [0.25, 0.3) is 0 Å². The first-order valence-corrected chi connectivity index (χ1v) is 10.5. The fourth-order valence-electron chi connectivity index (χ4n) is 3.54. The van der Waals surface area contributed by atoms with Crippen LogP contribution in [0.1, 0.15) is 35.2 Å². The highest BCUT2D eigenvalue weighted by atomic mass is 32.1. The molecule has 4 nitrogen and oxygen atoms in total. The van der Waals surface area contributed by atoms with Crippen molar-refractivity contribution in [2.24, 2.45) is 10.9 Å². The van der Waals surface area contributed by atoms with Crippen LogP contribution in [0.3, 0.4) is 0 Å². The lowest BCUT2D eigenvalue weighted by Gasteiger charge is -2.34. The second kappa shape index (κ2) is 9.72. The number of hydrogen-bond acceptors (Lipinski definition) is 3. The average Bonchev–Trinajstić information content (AvgIpc) is 3.15. The average molecular weight is 371 g/mol. The number of piperidine rings is 1. The van der Waals surface area contributed by atoms with E-state index in [-0.39, 0.29) is 0 Å². The van der Waals surface area contributed by atoms with E-state index >= 15 is 0 Å². The van der Waals surface area contributed by atoms with Crippen LogP contribution in [-0.2, 0) is 19.3 Å². The summed E-state index contributed by atoms with van der Waals surface area (Å²) in [7, 11) is 1.89. The van der Waals surface area contributed by atoms with Crippen molar-refractivity contribution in [3.63, 3.8) is 0 Å². The first kappa shape index (κ1) is 18.9. The summed E-state index contributed by atoms with van der Waals surface area (Å²) in [6, 6.07) is 10.9. The third kappa shape index (κ3) is 5.31. The van der Waals surface area contributed by atoms with Crippen LogP contribution in [0.4, 0.5) is 0 Å². The molecule has 1 saturated heterocycles. The summed E-state index contributed by atoms with van der Waals surface area (Å²) in [5, 5.41) is 4.74. The number of likely N-dealkylation sites (tertiary alicyclic amines) is 1. The van der Waals surface area contributed by atoms with E-state index in [0.29, 0.717) is 0 Å². The van der Waals surface area contributed by atoms with Gasteiger partial charge in [-0.1, -0.05) is 37.3 Å². The number of thiazole rings is 1. The van der Waals surface area contributed by atoms with Gasteiger partial charge in [0.15, 0.2) is 5.96 Å². The Hall–Kier alpha value is -1.88. The van der Waals surface area contributed by atoms with Gasteiger partial charge in [0.1, 0.15) is 0 Å². The van der Waals surface area contributed by atoms with Gasteiger partial charge >= 0.3 is 0 Å². The topological polar surface area (TPSA) is 40.5 Å². The van der Waals surface area contributed by atoms with Crippen molar-refractivity contribution in [2.45, 2.75) is 39.0 Å². The number of guanidine groups is 1. The van der Waals surface area contributed by atoms with Crippen molar-refractivity contribution in [3.05, 3.63) is 52.0 Å². The first-order valence-electron chi connectivity index (χ1n) is 9.71. The van der Waals surface area contributed by atoms with Gasteiger partial charge in [-0.3, -0.25) is 4.99 Å². The quantitative estimate of drug-likeness (QED) is 0.621. The molecule has 0 amide bonds. The Balaban J connectivity index is 1.41. The highest BCUT2D eigenvalue weighted by Crippen LogP contribution is 2.21. The van der Waals surface area contributed by atoms with E-state index in [4.69, 9.17) is 0 Å². The van der Waals surface area contributed by atoms with Gasteiger partial charge in [0, 0.05) is 44.2 Å². The molecule has 0 bridgehead atoms. The Morgan fingerprint density at radius 3 is 2.69 bits per heavy atom. The molecule has 26 heavy (non-hydrogen) atoms. The molecule has 3 rings (SSSR count). The van der Waals surface area contributed by atoms with Gasteiger partial charge in [-0.05, 0) is 37.2 Å². The molecule has 1 aliphatic heterocycles. The zero-order valence-electron chi connectivity index (χ0n) is 15.9. The molecule has 1 aliphatic rings. The Morgan fingerprint density at radius 2 is 2.04 bits per heavy atom. The van der Waals surface area contributed by atoms with Gasteiger partial charge in [-0.15, -0.1) is 11.3 Å². The molecule has 1 N–H and O–H groups in total. The minimum atomic E-state index is 0.787. The molecule has 1 aromatic carbocycles. The summed E-state index contributed by atoms with van der Waals surface area (Å²) in [6.45, 7) is 5.26. The maximum Gasteiger partial charge on any atom is 0.193 e. The predicted octanol–water partition coefficient (Wildman–Crippen LogP) is 3.78. The van der Waals surface area contributed by atoms with Gasteiger partial charge in [-0.2, -0.15) is 0 Å². The van der Waals surface area contributed by atoms with E-state index in [1.54, 1.807) is 0 Å². The van der Waals surface area contributed by atoms with Crippen LogP contribution in [0.5, 0.6) is 0 Å². The lowest BCUT2D eigenvalue weighted by molar-refractivity contribution is 0.259. The summed E-state index contributed by atoms with van der Waals surface area (Å²) in [5.74, 6) is 1.82. The van der Waals surface area contributed by atoms with E-state index in [1.165, 1.54) is 34.7 Å². The Labute approximate surface area is 161 Å². The number of rotatable bonds is 6. The zero-order valence-corrected chi connectivity index (χ0v) is 16.8. The molecule has 1 fully saturated rings. The predicted molar refractivity (Wildman–Crippen MR) is 111 cm³/mol. The van der Waals surface area contributed by atoms with Crippen molar-refractivity contribution >= 4 is 17.3 Å². The minimum Gasteiger partial charge on any atom is -0.356 e. The molecule has 140 valence electrons. The molecule has 0 saturated carbocycles. The molecule has 1 aromatic heterocycles.